The van der Waals surface area contributed by atoms with E-state index in [2.05, 4.69) is 40.6 Å². The number of aryl methyl sites for hydroxylation is 4. The second-order valence-electron chi connectivity index (χ2n) is 7.85. The summed E-state index contributed by atoms with van der Waals surface area (Å²) in [4.78, 5) is 17.3. The second-order valence-corrected chi connectivity index (χ2v) is 7.85. The van der Waals surface area contributed by atoms with Gasteiger partial charge in [-0.05, 0) is 76.4 Å². The summed E-state index contributed by atoms with van der Waals surface area (Å²) in [6, 6.07) is 11.6. The van der Waals surface area contributed by atoms with Crippen LogP contribution in [-0.2, 0) is 13.0 Å². The molecule has 0 aliphatic heterocycles. The number of aliphatic imine (C=N–C) groups is 1. The number of benzene rings is 2. The second kappa shape index (κ2) is 10.2. The van der Waals surface area contributed by atoms with Crippen LogP contribution in [0, 0.1) is 33.5 Å². The molecule has 1 heterocycles. The minimum absolute atomic E-state index is 0.232. The maximum atomic E-state index is 13.6. The highest BCUT2D eigenvalue weighted by Gasteiger charge is 2.13. The summed E-state index contributed by atoms with van der Waals surface area (Å²) in [5, 5.41) is 10.6. The topological polar surface area (TPSA) is 71.3 Å². The minimum Gasteiger partial charge on any atom is -0.326 e. The molecule has 0 aliphatic rings. The Balaban J connectivity index is 1.82. The van der Waals surface area contributed by atoms with E-state index in [0.717, 1.165) is 40.3 Å². The number of aromatic nitrogens is 2. The van der Waals surface area contributed by atoms with Gasteiger partial charge in [-0.3, -0.25) is 19.8 Å². The molecule has 3 aromatic rings. The van der Waals surface area contributed by atoms with Crippen molar-refractivity contribution in [1.29, 1.82) is 0 Å². The molecule has 32 heavy (non-hydrogen) atoms. The van der Waals surface area contributed by atoms with E-state index in [1.165, 1.54) is 18.2 Å². The van der Waals surface area contributed by atoms with E-state index in [1.807, 2.05) is 37.6 Å². The predicted octanol–water partition coefficient (Wildman–Crippen LogP) is 4.72. The highest BCUT2D eigenvalue weighted by Crippen LogP contribution is 2.17. The molecule has 3 rings (SSSR count). The van der Waals surface area contributed by atoms with E-state index in [0.29, 0.717) is 18.9 Å². The molecule has 0 bridgehead atoms. The van der Waals surface area contributed by atoms with Gasteiger partial charge in [0, 0.05) is 30.0 Å². The molecule has 168 valence electrons. The van der Waals surface area contributed by atoms with E-state index in [1.54, 1.807) is 6.07 Å². The molecule has 6 nitrogen and oxygen atoms in total. The highest BCUT2D eigenvalue weighted by atomic mass is 19.1. The number of nitrogens with one attached hydrogen (secondary N) is 2. The smallest absolute Gasteiger partial charge is 0.258 e. The third kappa shape index (κ3) is 5.60. The van der Waals surface area contributed by atoms with Crippen LogP contribution in [-0.4, -0.2) is 28.2 Å². The molecular formula is C25H30FN5O. The van der Waals surface area contributed by atoms with Gasteiger partial charge < -0.3 is 5.32 Å². The van der Waals surface area contributed by atoms with Crippen molar-refractivity contribution in [3.63, 3.8) is 0 Å². The van der Waals surface area contributed by atoms with Crippen molar-refractivity contribution < 1.29 is 9.18 Å². The molecule has 2 aromatic carbocycles. The zero-order valence-corrected chi connectivity index (χ0v) is 19.3. The van der Waals surface area contributed by atoms with Crippen LogP contribution >= 0.6 is 0 Å². The lowest BCUT2D eigenvalue weighted by Gasteiger charge is -2.14. The van der Waals surface area contributed by atoms with Crippen LogP contribution in [0.25, 0.3) is 0 Å². The summed E-state index contributed by atoms with van der Waals surface area (Å²) in [5.41, 5.74) is 6.55. The van der Waals surface area contributed by atoms with E-state index in [-0.39, 0.29) is 5.56 Å². The van der Waals surface area contributed by atoms with Crippen molar-refractivity contribution in [2.75, 3.05) is 11.9 Å². The summed E-state index contributed by atoms with van der Waals surface area (Å²) in [6.45, 7) is 11.4. The van der Waals surface area contributed by atoms with Gasteiger partial charge in [-0.15, -0.1) is 0 Å². The molecule has 0 saturated carbocycles. The zero-order chi connectivity index (χ0) is 23.3. The molecule has 0 atom stereocenters. The minimum atomic E-state index is -0.461. The summed E-state index contributed by atoms with van der Waals surface area (Å²) in [5.74, 6) is -0.562. The number of carbonyl (C=O) groups excluding carboxylic acids is 1. The Kier molecular flexibility index (Phi) is 7.41. The lowest BCUT2D eigenvalue weighted by molar-refractivity contribution is 0.0976. The fourth-order valence-corrected chi connectivity index (χ4v) is 3.68. The fraction of sp³-hybridized carbons (Fsp3) is 0.320. The molecule has 0 fully saturated rings. The molecular weight excluding hydrogens is 405 g/mol. The third-order valence-electron chi connectivity index (χ3n) is 5.42. The number of amides is 1. The number of hydrogen-bond acceptors (Lipinski definition) is 3. The van der Waals surface area contributed by atoms with Crippen molar-refractivity contribution in [2.45, 2.75) is 47.6 Å². The normalized spacial score (nSPS) is 11.5. The first-order valence-corrected chi connectivity index (χ1v) is 10.8. The standard InChI is InChI=1S/C25H30FN5O/c1-6-31-19(5)22(18(4)30-31)12-13-27-25(28-23-11-10-16(2)14-17(23)3)29-24(32)20-8-7-9-21(26)15-20/h7-11,14-15H,6,12-13H2,1-5H3,(H2,27,28,29,32). The molecule has 1 amide bonds. The number of carbonyl (C=O) groups is 1. The van der Waals surface area contributed by atoms with Gasteiger partial charge in [-0.1, -0.05) is 23.8 Å². The summed E-state index contributed by atoms with van der Waals surface area (Å²) < 4.78 is 15.5. The van der Waals surface area contributed by atoms with Crippen molar-refractivity contribution >= 4 is 17.6 Å². The number of anilines is 1. The van der Waals surface area contributed by atoms with Crippen LogP contribution in [0.5, 0.6) is 0 Å². The Bertz CT molecular complexity index is 1150. The van der Waals surface area contributed by atoms with E-state index < -0.39 is 11.7 Å². The molecule has 7 heteroatoms. The van der Waals surface area contributed by atoms with Crippen molar-refractivity contribution in [3.05, 3.63) is 81.9 Å². The SMILES string of the molecule is CCn1nc(C)c(CCN=C(NC(=O)c2cccc(F)c2)Nc2ccc(C)cc2C)c1C. The molecule has 0 aliphatic carbocycles. The number of hydrogen-bond donors (Lipinski definition) is 2. The van der Waals surface area contributed by atoms with Crippen molar-refractivity contribution in [3.8, 4) is 0 Å². The molecule has 1 aromatic heterocycles. The van der Waals surface area contributed by atoms with Gasteiger partial charge in [0.05, 0.1) is 5.69 Å². The molecule has 0 spiro atoms. The van der Waals surface area contributed by atoms with Gasteiger partial charge in [0.2, 0.25) is 5.96 Å². The maximum Gasteiger partial charge on any atom is 0.258 e. The first kappa shape index (κ1) is 23.2. The maximum absolute atomic E-state index is 13.6. The lowest BCUT2D eigenvalue weighted by atomic mass is 10.1. The highest BCUT2D eigenvalue weighted by molar-refractivity contribution is 6.10. The Hall–Kier alpha value is -3.48. The van der Waals surface area contributed by atoms with E-state index >= 15 is 0 Å². The van der Waals surface area contributed by atoms with Gasteiger partial charge in [0.1, 0.15) is 5.82 Å². The van der Waals surface area contributed by atoms with Crippen molar-refractivity contribution in [1.82, 2.24) is 15.1 Å². The van der Waals surface area contributed by atoms with Crippen LogP contribution in [0.15, 0.2) is 47.5 Å². The van der Waals surface area contributed by atoms with Crippen molar-refractivity contribution in [2.24, 2.45) is 4.99 Å². The van der Waals surface area contributed by atoms with Crippen LogP contribution in [0.1, 0.15) is 45.4 Å². The van der Waals surface area contributed by atoms with Gasteiger partial charge in [0.25, 0.3) is 5.91 Å². The first-order chi connectivity index (χ1) is 15.3. The molecule has 2 N–H and O–H groups in total. The quantitative estimate of drug-likeness (QED) is 0.435. The average molecular weight is 436 g/mol. The van der Waals surface area contributed by atoms with Crippen LogP contribution in [0.2, 0.25) is 0 Å². The summed E-state index contributed by atoms with van der Waals surface area (Å²) >= 11 is 0. The largest absolute Gasteiger partial charge is 0.326 e. The molecule has 0 saturated heterocycles. The van der Waals surface area contributed by atoms with E-state index in [4.69, 9.17) is 0 Å². The van der Waals surface area contributed by atoms with Crippen LogP contribution in [0.3, 0.4) is 0 Å². The van der Waals surface area contributed by atoms with Gasteiger partial charge in [0.15, 0.2) is 0 Å². The number of halogens is 1. The zero-order valence-electron chi connectivity index (χ0n) is 19.3. The summed E-state index contributed by atoms with van der Waals surface area (Å²) in [7, 11) is 0. The Morgan fingerprint density at radius 1 is 1.12 bits per heavy atom. The monoisotopic (exact) mass is 435 g/mol. The summed E-state index contributed by atoms with van der Waals surface area (Å²) in [6.07, 6.45) is 0.700. The third-order valence-corrected chi connectivity index (χ3v) is 5.42. The first-order valence-electron chi connectivity index (χ1n) is 10.8. The lowest BCUT2D eigenvalue weighted by Crippen LogP contribution is -2.36. The van der Waals surface area contributed by atoms with Gasteiger partial charge >= 0.3 is 0 Å². The predicted molar refractivity (Wildman–Crippen MR) is 127 cm³/mol. The van der Waals surface area contributed by atoms with Crippen LogP contribution < -0.4 is 10.6 Å². The Labute approximate surface area is 188 Å². The Morgan fingerprint density at radius 2 is 1.91 bits per heavy atom. The van der Waals surface area contributed by atoms with Gasteiger partial charge in [-0.25, -0.2) is 4.39 Å². The Morgan fingerprint density at radius 3 is 2.56 bits per heavy atom. The molecule has 0 radical (unpaired) electrons. The number of guanidine groups is 1. The fourth-order valence-electron chi connectivity index (χ4n) is 3.68. The number of nitrogens with zero attached hydrogens (tertiary/aromatic N) is 3. The van der Waals surface area contributed by atoms with Crippen LogP contribution in [0.4, 0.5) is 10.1 Å². The van der Waals surface area contributed by atoms with E-state index in [9.17, 15) is 9.18 Å². The molecule has 0 unspecified atom stereocenters. The number of rotatable bonds is 6. The van der Waals surface area contributed by atoms with Gasteiger partial charge in [-0.2, -0.15) is 5.10 Å². The average Bonchev–Trinajstić information content (AvgIpc) is 3.03.